The molecule has 1 saturated heterocycles. The van der Waals surface area contributed by atoms with Gasteiger partial charge in [-0.25, -0.2) is 0 Å². The zero-order chi connectivity index (χ0) is 14.0. The van der Waals surface area contributed by atoms with E-state index < -0.39 is 0 Å². The second-order valence-electron chi connectivity index (χ2n) is 5.08. The molecule has 3 nitrogen and oxygen atoms in total. The number of ether oxygens (including phenoxy) is 1. The predicted octanol–water partition coefficient (Wildman–Crippen LogP) is 3.66. The highest BCUT2D eigenvalue weighted by Crippen LogP contribution is 2.28. The highest BCUT2D eigenvalue weighted by molar-refractivity contribution is 9.10. The highest BCUT2D eigenvalue weighted by Gasteiger charge is 2.26. The molecule has 0 spiro atoms. The van der Waals surface area contributed by atoms with Crippen molar-refractivity contribution in [3.63, 3.8) is 0 Å². The molecule has 0 bridgehead atoms. The summed E-state index contributed by atoms with van der Waals surface area (Å²) in [5.41, 5.74) is 1.89. The van der Waals surface area contributed by atoms with Crippen LogP contribution in [0.1, 0.15) is 37.6 Å². The third-order valence-corrected chi connectivity index (χ3v) is 4.26. The average Bonchev–Trinajstić information content (AvgIpc) is 2.38. The molecule has 0 amide bonds. The molecule has 2 atom stereocenters. The standard InChI is InChI=1S/C15H20BrNO2/c1-4-12-9-19-10(2)8-17(12)13-5-6-14(11(3)18)15(16)7-13/h5-7,10,12H,4,8-9H2,1-3H3. The third-order valence-electron chi connectivity index (χ3n) is 3.60. The van der Waals surface area contributed by atoms with E-state index in [4.69, 9.17) is 4.74 Å². The molecule has 1 aromatic carbocycles. The topological polar surface area (TPSA) is 29.5 Å². The van der Waals surface area contributed by atoms with Crippen LogP contribution in [0, 0.1) is 0 Å². The number of morpholine rings is 1. The Kier molecular flexibility index (Phi) is 4.63. The molecule has 0 N–H and O–H groups in total. The lowest BCUT2D eigenvalue weighted by Gasteiger charge is -2.40. The van der Waals surface area contributed by atoms with Crippen LogP contribution in [0.2, 0.25) is 0 Å². The summed E-state index contributed by atoms with van der Waals surface area (Å²) < 4.78 is 6.58. The minimum absolute atomic E-state index is 0.0841. The second-order valence-corrected chi connectivity index (χ2v) is 5.93. The number of anilines is 1. The third kappa shape index (κ3) is 3.18. The van der Waals surface area contributed by atoms with Gasteiger partial charge in [0.05, 0.1) is 18.8 Å². The second kappa shape index (κ2) is 6.06. The minimum atomic E-state index is 0.0841. The number of halogens is 1. The minimum Gasteiger partial charge on any atom is -0.375 e. The fourth-order valence-electron chi connectivity index (χ4n) is 2.47. The molecule has 0 aliphatic carbocycles. The van der Waals surface area contributed by atoms with Crippen LogP contribution in [0.3, 0.4) is 0 Å². The lowest BCUT2D eigenvalue weighted by atomic mass is 10.1. The van der Waals surface area contributed by atoms with Gasteiger partial charge in [0.15, 0.2) is 5.78 Å². The first-order valence-corrected chi connectivity index (χ1v) is 7.51. The van der Waals surface area contributed by atoms with Crippen LogP contribution >= 0.6 is 15.9 Å². The molecule has 1 aliphatic rings. The molecule has 2 rings (SSSR count). The molecule has 0 saturated carbocycles. The summed E-state index contributed by atoms with van der Waals surface area (Å²) in [5.74, 6) is 0.0841. The van der Waals surface area contributed by atoms with Crippen LogP contribution in [0.5, 0.6) is 0 Å². The van der Waals surface area contributed by atoms with E-state index in [0.717, 1.165) is 35.3 Å². The van der Waals surface area contributed by atoms with Gasteiger partial charge in [-0.05, 0) is 54.4 Å². The van der Waals surface area contributed by atoms with Gasteiger partial charge in [0.1, 0.15) is 0 Å². The lowest BCUT2D eigenvalue weighted by Crippen LogP contribution is -2.48. The number of carbonyl (C=O) groups is 1. The number of ketones is 1. The Bertz CT molecular complexity index is 475. The Morgan fingerprint density at radius 1 is 1.53 bits per heavy atom. The van der Waals surface area contributed by atoms with Crippen molar-refractivity contribution in [2.75, 3.05) is 18.1 Å². The van der Waals surface area contributed by atoms with Crippen molar-refractivity contribution in [2.24, 2.45) is 0 Å². The number of hydrogen-bond donors (Lipinski definition) is 0. The van der Waals surface area contributed by atoms with Gasteiger partial charge in [0.2, 0.25) is 0 Å². The first-order chi connectivity index (χ1) is 9.02. The molecule has 1 fully saturated rings. The fourth-order valence-corrected chi connectivity index (χ4v) is 3.11. The number of carbonyl (C=O) groups excluding carboxylic acids is 1. The van der Waals surface area contributed by atoms with Crippen molar-refractivity contribution in [1.29, 1.82) is 0 Å². The number of Topliss-reactive ketones (excluding diaryl/α,β-unsaturated/α-hetero) is 1. The lowest BCUT2D eigenvalue weighted by molar-refractivity contribution is 0.0299. The van der Waals surface area contributed by atoms with Crippen LogP contribution in [0.4, 0.5) is 5.69 Å². The van der Waals surface area contributed by atoms with Crippen molar-refractivity contribution in [2.45, 2.75) is 39.3 Å². The summed E-state index contributed by atoms with van der Waals surface area (Å²) in [5, 5.41) is 0. The van der Waals surface area contributed by atoms with Crippen LogP contribution in [0.25, 0.3) is 0 Å². The monoisotopic (exact) mass is 325 g/mol. The average molecular weight is 326 g/mol. The number of nitrogens with zero attached hydrogens (tertiary/aromatic N) is 1. The van der Waals surface area contributed by atoms with Crippen LogP contribution in [-0.4, -0.2) is 31.1 Å². The van der Waals surface area contributed by atoms with Gasteiger partial charge in [0.25, 0.3) is 0 Å². The summed E-state index contributed by atoms with van der Waals surface area (Å²) in [6.07, 6.45) is 1.30. The van der Waals surface area contributed by atoms with Gasteiger partial charge in [-0.15, -0.1) is 0 Å². The highest BCUT2D eigenvalue weighted by atomic mass is 79.9. The van der Waals surface area contributed by atoms with Gasteiger partial charge in [-0.2, -0.15) is 0 Å². The van der Waals surface area contributed by atoms with Gasteiger partial charge in [-0.3, -0.25) is 4.79 Å². The molecule has 1 aromatic rings. The Morgan fingerprint density at radius 2 is 2.26 bits per heavy atom. The Labute approximate surface area is 123 Å². The molecule has 104 valence electrons. The van der Waals surface area contributed by atoms with Crippen molar-refractivity contribution >= 4 is 27.4 Å². The Morgan fingerprint density at radius 3 is 2.84 bits per heavy atom. The maximum Gasteiger partial charge on any atom is 0.160 e. The summed E-state index contributed by atoms with van der Waals surface area (Å²) in [7, 11) is 0. The maximum atomic E-state index is 11.5. The van der Waals surface area contributed by atoms with Crippen LogP contribution < -0.4 is 4.90 Å². The maximum absolute atomic E-state index is 11.5. The van der Waals surface area contributed by atoms with Gasteiger partial charge in [-0.1, -0.05) is 6.92 Å². The molecular formula is C15H20BrNO2. The van der Waals surface area contributed by atoms with Crippen molar-refractivity contribution in [3.05, 3.63) is 28.2 Å². The Hall–Kier alpha value is -0.870. The number of rotatable bonds is 3. The zero-order valence-electron chi connectivity index (χ0n) is 11.6. The van der Waals surface area contributed by atoms with E-state index in [1.807, 2.05) is 18.2 Å². The number of hydrogen-bond acceptors (Lipinski definition) is 3. The molecule has 1 heterocycles. The molecule has 0 radical (unpaired) electrons. The van der Waals surface area contributed by atoms with E-state index in [1.165, 1.54) is 0 Å². The molecule has 19 heavy (non-hydrogen) atoms. The van der Waals surface area contributed by atoms with Crippen molar-refractivity contribution in [3.8, 4) is 0 Å². The van der Waals surface area contributed by atoms with Gasteiger partial charge in [0, 0.05) is 22.3 Å². The van der Waals surface area contributed by atoms with Crippen molar-refractivity contribution < 1.29 is 9.53 Å². The summed E-state index contributed by atoms with van der Waals surface area (Å²) in [4.78, 5) is 13.8. The van der Waals surface area contributed by atoms with E-state index in [-0.39, 0.29) is 11.9 Å². The normalized spacial score (nSPS) is 23.5. The SMILES string of the molecule is CCC1COC(C)CN1c1ccc(C(C)=O)c(Br)c1. The van der Waals surface area contributed by atoms with Gasteiger partial charge >= 0.3 is 0 Å². The largest absolute Gasteiger partial charge is 0.375 e. The van der Waals surface area contributed by atoms with Crippen LogP contribution in [-0.2, 0) is 4.74 Å². The van der Waals surface area contributed by atoms with E-state index in [1.54, 1.807) is 6.92 Å². The quantitative estimate of drug-likeness (QED) is 0.794. The number of benzene rings is 1. The van der Waals surface area contributed by atoms with E-state index in [9.17, 15) is 4.79 Å². The molecule has 4 heteroatoms. The van der Waals surface area contributed by atoms with Crippen molar-refractivity contribution in [1.82, 2.24) is 0 Å². The fraction of sp³-hybridized carbons (Fsp3) is 0.533. The van der Waals surface area contributed by atoms with Gasteiger partial charge < -0.3 is 9.64 Å². The first-order valence-electron chi connectivity index (χ1n) is 6.71. The first kappa shape index (κ1) is 14.5. The van der Waals surface area contributed by atoms with E-state index in [2.05, 4.69) is 34.7 Å². The van der Waals surface area contributed by atoms with Crippen LogP contribution in [0.15, 0.2) is 22.7 Å². The zero-order valence-corrected chi connectivity index (χ0v) is 13.2. The summed E-state index contributed by atoms with van der Waals surface area (Å²) in [6, 6.07) is 6.38. The predicted molar refractivity (Wildman–Crippen MR) is 81.0 cm³/mol. The Balaban J connectivity index is 2.29. The summed E-state index contributed by atoms with van der Waals surface area (Å²) >= 11 is 3.49. The molecule has 1 aliphatic heterocycles. The smallest absolute Gasteiger partial charge is 0.160 e. The molecule has 2 unspecified atom stereocenters. The molecular weight excluding hydrogens is 306 g/mol. The van der Waals surface area contributed by atoms with E-state index in [0.29, 0.717) is 6.04 Å². The van der Waals surface area contributed by atoms with E-state index >= 15 is 0 Å². The molecule has 0 aromatic heterocycles. The summed E-state index contributed by atoms with van der Waals surface area (Å²) in [6.45, 7) is 7.52.